The van der Waals surface area contributed by atoms with Gasteiger partial charge in [0.1, 0.15) is 17.3 Å². The van der Waals surface area contributed by atoms with E-state index in [2.05, 4.69) is 0 Å². The van der Waals surface area contributed by atoms with Gasteiger partial charge in [0.2, 0.25) is 0 Å². The van der Waals surface area contributed by atoms with Crippen molar-refractivity contribution in [2.75, 3.05) is 31.1 Å². The molecule has 0 aliphatic carbocycles. The summed E-state index contributed by atoms with van der Waals surface area (Å²) in [7, 11) is -2.69. The first-order valence-corrected chi connectivity index (χ1v) is 12.3. The highest BCUT2D eigenvalue weighted by atomic mass is 32.2. The number of hydrogen-bond donors (Lipinski definition) is 0. The summed E-state index contributed by atoms with van der Waals surface area (Å²) < 4.78 is 38.9. The molecule has 31 heavy (non-hydrogen) atoms. The molecule has 1 aliphatic heterocycles. The lowest BCUT2D eigenvalue weighted by Crippen LogP contribution is -2.53. The number of unbranched alkanes of at least 4 members (excludes halogenated alkanes) is 1. The summed E-state index contributed by atoms with van der Waals surface area (Å²) in [6.07, 6.45) is 1.89. The predicted molar refractivity (Wildman–Crippen MR) is 119 cm³/mol. The zero-order valence-corrected chi connectivity index (χ0v) is 19.4. The maximum Gasteiger partial charge on any atom is 0.330 e. The molecule has 3 rings (SSSR count). The van der Waals surface area contributed by atoms with Crippen molar-refractivity contribution in [1.82, 2.24) is 4.31 Å². The number of aryl methyl sites for hydroxylation is 1. The van der Waals surface area contributed by atoms with Crippen LogP contribution in [0.4, 0.5) is 5.00 Å². The molecule has 0 N–H and O–H groups in total. The average Bonchev–Trinajstić information content (AvgIpc) is 3.12. The van der Waals surface area contributed by atoms with E-state index in [0.717, 1.165) is 12.0 Å². The molecule has 168 valence electrons. The van der Waals surface area contributed by atoms with Crippen molar-refractivity contribution in [2.45, 2.75) is 33.1 Å². The zero-order chi connectivity index (χ0) is 22.6. The number of anilines is 1. The molecule has 8 nitrogen and oxygen atoms in total. The van der Waals surface area contributed by atoms with E-state index in [0.29, 0.717) is 39.0 Å². The first-order chi connectivity index (χ1) is 14.8. The molecule has 0 bridgehead atoms. The standard InChI is InChI=1S/C21H26N2O6S2/c1-4-5-12-29-18(24)13-23-20(25)19-15(2)14-30-21(19)22(31(23,26)27)11-10-16-8-6-7-9-17(16)28-3/h6-9,14H,4-5,10-13H2,1-3H3. The van der Waals surface area contributed by atoms with Crippen LogP contribution in [0.1, 0.15) is 41.3 Å². The number of benzene rings is 1. The van der Waals surface area contributed by atoms with E-state index in [4.69, 9.17) is 9.47 Å². The quantitative estimate of drug-likeness (QED) is 0.416. The number of esters is 1. The van der Waals surface area contributed by atoms with Crippen molar-refractivity contribution in [3.8, 4) is 5.75 Å². The molecule has 2 aromatic rings. The van der Waals surface area contributed by atoms with Gasteiger partial charge in [-0.25, -0.2) is 8.61 Å². The number of rotatable bonds is 9. The van der Waals surface area contributed by atoms with Crippen molar-refractivity contribution < 1.29 is 27.5 Å². The van der Waals surface area contributed by atoms with E-state index >= 15 is 0 Å². The van der Waals surface area contributed by atoms with Gasteiger partial charge in [-0.2, -0.15) is 8.42 Å². The number of para-hydroxylation sites is 1. The van der Waals surface area contributed by atoms with Crippen molar-refractivity contribution in [2.24, 2.45) is 0 Å². The third-order valence-electron chi connectivity index (χ3n) is 4.99. The van der Waals surface area contributed by atoms with Crippen LogP contribution in [0.15, 0.2) is 29.6 Å². The van der Waals surface area contributed by atoms with E-state index in [9.17, 15) is 18.0 Å². The molecule has 0 unspecified atom stereocenters. The van der Waals surface area contributed by atoms with Gasteiger partial charge < -0.3 is 9.47 Å². The molecule has 0 spiro atoms. The summed E-state index contributed by atoms with van der Waals surface area (Å²) in [4.78, 5) is 25.2. The van der Waals surface area contributed by atoms with Gasteiger partial charge in [0.05, 0.1) is 19.3 Å². The Balaban J connectivity index is 1.89. The van der Waals surface area contributed by atoms with Gasteiger partial charge in [-0.3, -0.25) is 9.59 Å². The highest BCUT2D eigenvalue weighted by molar-refractivity contribution is 7.91. The summed E-state index contributed by atoms with van der Waals surface area (Å²) >= 11 is 1.20. The number of nitrogens with zero attached hydrogens (tertiary/aromatic N) is 2. The molecule has 0 saturated carbocycles. The minimum absolute atomic E-state index is 0.102. The lowest BCUT2D eigenvalue weighted by molar-refractivity contribution is -0.143. The van der Waals surface area contributed by atoms with Crippen LogP contribution in [0.5, 0.6) is 5.75 Å². The molecule has 0 fully saturated rings. The van der Waals surface area contributed by atoms with Crippen molar-refractivity contribution in [3.05, 3.63) is 46.3 Å². The van der Waals surface area contributed by atoms with Crippen LogP contribution in [-0.2, 0) is 26.2 Å². The van der Waals surface area contributed by atoms with Crippen molar-refractivity contribution in [3.63, 3.8) is 0 Å². The molecule has 1 aromatic carbocycles. The smallest absolute Gasteiger partial charge is 0.330 e. The van der Waals surface area contributed by atoms with Gasteiger partial charge in [0.15, 0.2) is 0 Å². The number of ether oxygens (including phenoxy) is 2. The Bertz CT molecular complexity index is 1060. The highest BCUT2D eigenvalue weighted by Gasteiger charge is 2.44. The summed E-state index contributed by atoms with van der Waals surface area (Å²) in [5.41, 5.74) is 1.82. The lowest BCUT2D eigenvalue weighted by Gasteiger charge is -2.35. The topological polar surface area (TPSA) is 93.2 Å². The third-order valence-corrected chi connectivity index (χ3v) is 8.00. The number of carbonyl (C=O) groups is 2. The van der Waals surface area contributed by atoms with Gasteiger partial charge in [-0.05, 0) is 42.3 Å². The molecule has 0 atom stereocenters. The summed E-state index contributed by atoms with van der Waals surface area (Å²) in [5, 5.41) is 2.12. The van der Waals surface area contributed by atoms with Gasteiger partial charge >= 0.3 is 16.2 Å². The van der Waals surface area contributed by atoms with E-state index < -0.39 is 28.6 Å². The van der Waals surface area contributed by atoms with E-state index in [1.54, 1.807) is 19.4 Å². The minimum Gasteiger partial charge on any atom is -0.496 e. The molecule has 2 heterocycles. The fraction of sp³-hybridized carbons (Fsp3) is 0.429. The minimum atomic E-state index is -4.24. The first kappa shape index (κ1) is 23.1. The van der Waals surface area contributed by atoms with Gasteiger partial charge in [0.25, 0.3) is 5.91 Å². The number of fused-ring (bicyclic) bond motifs is 1. The van der Waals surface area contributed by atoms with E-state index in [1.165, 1.54) is 15.6 Å². The number of thiophene rings is 1. The normalized spacial score (nSPS) is 15.0. The molecule has 1 aliphatic rings. The molecule has 10 heteroatoms. The Hall–Kier alpha value is -2.59. The molecular formula is C21H26N2O6S2. The number of hydrogen-bond acceptors (Lipinski definition) is 7. The maximum absolute atomic E-state index is 13.3. The van der Waals surface area contributed by atoms with E-state index in [1.807, 2.05) is 31.2 Å². The average molecular weight is 467 g/mol. The molecular weight excluding hydrogens is 440 g/mol. The van der Waals surface area contributed by atoms with E-state index in [-0.39, 0.29) is 13.2 Å². The largest absolute Gasteiger partial charge is 0.496 e. The molecule has 1 aromatic heterocycles. The maximum atomic E-state index is 13.3. The molecule has 1 amide bonds. The Kier molecular flexibility index (Phi) is 7.22. The van der Waals surface area contributed by atoms with Crippen LogP contribution in [0.3, 0.4) is 0 Å². The van der Waals surface area contributed by atoms with Gasteiger partial charge in [0, 0.05) is 6.54 Å². The first-order valence-electron chi connectivity index (χ1n) is 10.0. The Morgan fingerprint density at radius 1 is 1.19 bits per heavy atom. The fourth-order valence-electron chi connectivity index (χ4n) is 3.32. The van der Waals surface area contributed by atoms with Crippen LogP contribution >= 0.6 is 11.3 Å². The van der Waals surface area contributed by atoms with Crippen LogP contribution in [-0.4, -0.2) is 51.4 Å². The molecule has 0 saturated heterocycles. The predicted octanol–water partition coefficient (Wildman–Crippen LogP) is 3.16. The summed E-state index contributed by atoms with van der Waals surface area (Å²) in [6, 6.07) is 7.36. The number of amides is 1. The van der Waals surface area contributed by atoms with Crippen LogP contribution in [0.25, 0.3) is 0 Å². The number of carbonyl (C=O) groups excluding carboxylic acids is 2. The highest BCUT2D eigenvalue weighted by Crippen LogP contribution is 2.39. The number of methoxy groups -OCH3 is 1. The zero-order valence-electron chi connectivity index (χ0n) is 17.8. The Morgan fingerprint density at radius 2 is 1.94 bits per heavy atom. The Morgan fingerprint density at radius 3 is 2.65 bits per heavy atom. The van der Waals surface area contributed by atoms with Crippen molar-refractivity contribution in [1.29, 1.82) is 0 Å². The lowest BCUT2D eigenvalue weighted by atomic mass is 10.1. The SMILES string of the molecule is CCCCOC(=O)CN1C(=O)c2c(C)csc2N(CCc2ccccc2OC)S1(=O)=O. The van der Waals surface area contributed by atoms with Gasteiger partial charge in [-0.1, -0.05) is 31.5 Å². The van der Waals surface area contributed by atoms with Gasteiger partial charge in [-0.15, -0.1) is 11.3 Å². The third kappa shape index (κ3) is 4.69. The summed E-state index contributed by atoms with van der Waals surface area (Å²) in [5.74, 6) is -0.784. The Labute approximate surface area is 186 Å². The monoisotopic (exact) mass is 466 g/mol. The second kappa shape index (κ2) is 9.69. The van der Waals surface area contributed by atoms with Crippen molar-refractivity contribution >= 4 is 38.4 Å². The van der Waals surface area contributed by atoms with Crippen LogP contribution in [0.2, 0.25) is 0 Å². The summed E-state index contributed by atoms with van der Waals surface area (Å²) in [6.45, 7) is 3.35. The van der Waals surface area contributed by atoms with Crippen LogP contribution in [0, 0.1) is 6.92 Å². The molecule has 0 radical (unpaired) electrons. The van der Waals surface area contributed by atoms with Crippen LogP contribution < -0.4 is 9.04 Å². The fourth-order valence-corrected chi connectivity index (χ4v) is 6.15. The second-order valence-corrected chi connectivity index (χ2v) is 9.76. The second-order valence-electron chi connectivity index (χ2n) is 7.13.